The van der Waals surface area contributed by atoms with Gasteiger partial charge < -0.3 is 4.74 Å². The van der Waals surface area contributed by atoms with Gasteiger partial charge in [-0.05, 0) is 31.6 Å². The molecule has 0 amide bonds. The maximum atomic E-state index is 6.03. The van der Waals surface area contributed by atoms with Gasteiger partial charge in [-0.3, -0.25) is 0 Å². The van der Waals surface area contributed by atoms with Crippen molar-refractivity contribution in [1.82, 2.24) is 0 Å². The van der Waals surface area contributed by atoms with Crippen LogP contribution in [-0.4, -0.2) is 22.1 Å². The van der Waals surface area contributed by atoms with Crippen molar-refractivity contribution in [2.24, 2.45) is 5.92 Å². The zero-order chi connectivity index (χ0) is 9.86. The van der Waals surface area contributed by atoms with Gasteiger partial charge in [0.2, 0.25) is 0 Å². The Kier molecular flexibility index (Phi) is 3.66. The van der Waals surface area contributed by atoms with E-state index < -0.39 is 0 Å². The molecule has 0 aromatic rings. The molecule has 2 heteroatoms. The first-order valence-electron chi connectivity index (χ1n) is 6.42. The summed E-state index contributed by atoms with van der Waals surface area (Å²) in [6.45, 7) is 1.04. The molecule has 1 nitrogen and oxygen atoms in total. The molecular formula is C12H24OSi. The molecule has 1 aliphatic heterocycles. The summed E-state index contributed by atoms with van der Waals surface area (Å²) in [5.41, 5.74) is 0. The van der Waals surface area contributed by atoms with Crippen LogP contribution >= 0.6 is 0 Å². The van der Waals surface area contributed by atoms with E-state index in [0.29, 0.717) is 5.22 Å². The van der Waals surface area contributed by atoms with Crippen LogP contribution in [0.25, 0.3) is 0 Å². The third-order valence-corrected chi connectivity index (χ3v) is 5.19. The SMILES string of the molecule is [SiH3]C1(CC2CCCCC2)CCCCO1. The van der Waals surface area contributed by atoms with Gasteiger partial charge in [-0.1, -0.05) is 32.1 Å². The average molecular weight is 212 g/mol. The van der Waals surface area contributed by atoms with Crippen molar-refractivity contribution in [2.45, 2.75) is 63.0 Å². The molecule has 2 rings (SSSR count). The van der Waals surface area contributed by atoms with Crippen LogP contribution in [0, 0.1) is 5.92 Å². The normalized spacial score (nSPS) is 36.0. The third kappa shape index (κ3) is 2.83. The average Bonchev–Trinajstić information content (AvgIpc) is 2.19. The van der Waals surface area contributed by atoms with Crippen molar-refractivity contribution in [1.29, 1.82) is 0 Å². The van der Waals surface area contributed by atoms with Crippen molar-refractivity contribution in [3.05, 3.63) is 0 Å². The van der Waals surface area contributed by atoms with Crippen LogP contribution in [-0.2, 0) is 4.74 Å². The van der Waals surface area contributed by atoms with Gasteiger partial charge >= 0.3 is 0 Å². The zero-order valence-electron chi connectivity index (χ0n) is 9.56. The van der Waals surface area contributed by atoms with E-state index in [1.807, 2.05) is 0 Å². The molecule has 0 bridgehead atoms. The van der Waals surface area contributed by atoms with E-state index in [2.05, 4.69) is 0 Å². The first-order valence-corrected chi connectivity index (χ1v) is 7.42. The summed E-state index contributed by atoms with van der Waals surface area (Å²) in [7, 11) is 1.24. The molecule has 14 heavy (non-hydrogen) atoms. The highest BCUT2D eigenvalue weighted by molar-refractivity contribution is 6.14. The highest BCUT2D eigenvalue weighted by Crippen LogP contribution is 2.34. The molecule has 1 saturated heterocycles. The minimum Gasteiger partial charge on any atom is -0.380 e. The summed E-state index contributed by atoms with van der Waals surface area (Å²) in [6.07, 6.45) is 12.8. The molecule has 0 aromatic carbocycles. The first kappa shape index (κ1) is 10.7. The Hall–Kier alpha value is 0.177. The van der Waals surface area contributed by atoms with Gasteiger partial charge in [-0.2, -0.15) is 0 Å². The number of rotatable bonds is 2. The highest BCUT2D eigenvalue weighted by atomic mass is 28.1. The van der Waals surface area contributed by atoms with Gasteiger partial charge in [0.25, 0.3) is 0 Å². The maximum absolute atomic E-state index is 6.03. The van der Waals surface area contributed by atoms with E-state index in [1.165, 1.54) is 68.0 Å². The second-order valence-corrected chi connectivity index (χ2v) is 7.29. The fourth-order valence-corrected chi connectivity index (χ4v) is 4.29. The standard InChI is InChI=1S/C12H24OSi/c14-12(8-4-5-9-13-12)10-11-6-2-1-3-7-11/h11H,1-10H2,14H3. The first-order chi connectivity index (χ1) is 6.79. The van der Waals surface area contributed by atoms with Gasteiger partial charge in [0.05, 0.1) is 0 Å². The van der Waals surface area contributed by atoms with Gasteiger partial charge in [-0.25, -0.2) is 0 Å². The largest absolute Gasteiger partial charge is 0.380 e. The lowest BCUT2D eigenvalue weighted by Gasteiger charge is -2.38. The summed E-state index contributed by atoms with van der Waals surface area (Å²) in [6, 6.07) is 0. The molecule has 1 saturated carbocycles. The van der Waals surface area contributed by atoms with Crippen LogP contribution < -0.4 is 0 Å². The van der Waals surface area contributed by atoms with Crippen LogP contribution in [0.15, 0.2) is 0 Å². The molecule has 1 atom stereocenters. The highest BCUT2D eigenvalue weighted by Gasteiger charge is 2.31. The molecular weight excluding hydrogens is 188 g/mol. The second-order valence-electron chi connectivity index (χ2n) is 5.46. The van der Waals surface area contributed by atoms with Crippen molar-refractivity contribution >= 4 is 10.2 Å². The Bertz CT molecular complexity index is 169. The Morgan fingerprint density at radius 1 is 1.07 bits per heavy atom. The molecule has 2 fully saturated rings. The maximum Gasteiger partial charge on any atom is 0.0488 e. The summed E-state index contributed by atoms with van der Waals surface area (Å²) in [5.74, 6) is 0.999. The van der Waals surface area contributed by atoms with E-state index in [0.717, 1.165) is 12.5 Å². The van der Waals surface area contributed by atoms with Crippen molar-refractivity contribution < 1.29 is 4.74 Å². The van der Waals surface area contributed by atoms with E-state index >= 15 is 0 Å². The van der Waals surface area contributed by atoms with Crippen LogP contribution in [0.4, 0.5) is 0 Å². The summed E-state index contributed by atoms with van der Waals surface area (Å²) < 4.78 is 6.03. The molecule has 2 aliphatic rings. The molecule has 0 aromatic heterocycles. The topological polar surface area (TPSA) is 9.23 Å². The lowest BCUT2D eigenvalue weighted by Crippen LogP contribution is -2.39. The quantitative estimate of drug-likeness (QED) is 0.638. The number of ether oxygens (including phenoxy) is 1. The van der Waals surface area contributed by atoms with Crippen molar-refractivity contribution in [3.63, 3.8) is 0 Å². The van der Waals surface area contributed by atoms with E-state index in [4.69, 9.17) is 4.74 Å². The molecule has 0 spiro atoms. The Morgan fingerprint density at radius 3 is 2.50 bits per heavy atom. The van der Waals surface area contributed by atoms with Crippen LogP contribution in [0.1, 0.15) is 57.8 Å². The molecule has 0 radical (unpaired) electrons. The Morgan fingerprint density at radius 2 is 1.86 bits per heavy atom. The van der Waals surface area contributed by atoms with Crippen LogP contribution in [0.2, 0.25) is 0 Å². The lowest BCUT2D eigenvalue weighted by molar-refractivity contribution is -0.0349. The number of hydrogen-bond acceptors (Lipinski definition) is 1. The molecule has 1 aliphatic carbocycles. The third-order valence-electron chi connectivity index (χ3n) is 4.00. The predicted octanol–water partition coefficient (Wildman–Crippen LogP) is 2.22. The van der Waals surface area contributed by atoms with Gasteiger partial charge in [0.1, 0.15) is 0 Å². The van der Waals surface area contributed by atoms with E-state index in [9.17, 15) is 0 Å². The minimum absolute atomic E-state index is 0.375. The summed E-state index contributed by atoms with van der Waals surface area (Å²) in [4.78, 5) is 0. The molecule has 82 valence electrons. The number of hydrogen-bond donors (Lipinski definition) is 0. The smallest absolute Gasteiger partial charge is 0.0488 e. The predicted molar refractivity (Wildman–Crippen MR) is 63.7 cm³/mol. The van der Waals surface area contributed by atoms with Gasteiger partial charge in [0, 0.05) is 22.1 Å². The van der Waals surface area contributed by atoms with Crippen molar-refractivity contribution in [3.8, 4) is 0 Å². The lowest BCUT2D eigenvalue weighted by atomic mass is 9.84. The molecule has 1 heterocycles. The summed E-state index contributed by atoms with van der Waals surface area (Å²) >= 11 is 0. The molecule has 0 N–H and O–H groups in total. The fraction of sp³-hybridized carbons (Fsp3) is 1.00. The molecule has 1 unspecified atom stereocenters. The van der Waals surface area contributed by atoms with Gasteiger partial charge in [-0.15, -0.1) is 0 Å². The zero-order valence-corrected chi connectivity index (χ0v) is 11.6. The summed E-state index contributed by atoms with van der Waals surface area (Å²) in [5, 5.41) is 0.375. The minimum atomic E-state index is 0.375. The Balaban J connectivity index is 1.81. The van der Waals surface area contributed by atoms with Crippen molar-refractivity contribution in [2.75, 3.05) is 6.61 Å². The van der Waals surface area contributed by atoms with E-state index in [1.54, 1.807) is 0 Å². The van der Waals surface area contributed by atoms with Crippen LogP contribution in [0.5, 0.6) is 0 Å². The van der Waals surface area contributed by atoms with Gasteiger partial charge in [0.15, 0.2) is 0 Å². The Labute approximate surface area is 91.0 Å². The van der Waals surface area contributed by atoms with Crippen LogP contribution in [0.3, 0.4) is 0 Å². The second kappa shape index (κ2) is 4.80. The monoisotopic (exact) mass is 212 g/mol. The fourth-order valence-electron chi connectivity index (χ4n) is 3.15. The van der Waals surface area contributed by atoms with E-state index in [-0.39, 0.29) is 0 Å².